The lowest BCUT2D eigenvalue weighted by molar-refractivity contribution is -0.131. The summed E-state index contributed by atoms with van der Waals surface area (Å²) in [7, 11) is 0. The number of hydrogen-bond acceptors (Lipinski definition) is 3. The van der Waals surface area contributed by atoms with Crippen molar-refractivity contribution < 1.29 is 19.4 Å². The number of urea groups is 1. The first-order valence-corrected chi connectivity index (χ1v) is 6.44. The molecule has 0 fully saturated rings. The van der Waals surface area contributed by atoms with Crippen LogP contribution >= 0.6 is 0 Å². The van der Waals surface area contributed by atoms with Crippen LogP contribution in [0.1, 0.15) is 0 Å². The number of aliphatic carboxylic acids is 1. The monoisotopic (exact) mass is 298 g/mol. The molecule has 2 aromatic carbocycles. The molecular weight excluding hydrogens is 284 g/mol. The Morgan fingerprint density at radius 3 is 2.41 bits per heavy atom. The number of carboxylic acid groups (broad SMARTS) is 1. The Balaban J connectivity index is 2.05. The fourth-order valence-corrected chi connectivity index (χ4v) is 1.62. The van der Waals surface area contributed by atoms with Gasteiger partial charge in [0.05, 0.1) is 5.69 Å². The van der Waals surface area contributed by atoms with Gasteiger partial charge in [0.1, 0.15) is 5.75 Å². The molecule has 0 bridgehead atoms. The molecule has 2 amide bonds. The molecule has 0 aliphatic rings. The van der Waals surface area contributed by atoms with Crippen LogP contribution in [-0.2, 0) is 4.79 Å². The summed E-state index contributed by atoms with van der Waals surface area (Å²) in [6.45, 7) is 0. The van der Waals surface area contributed by atoms with Crippen molar-refractivity contribution in [1.29, 1.82) is 0 Å². The highest BCUT2D eigenvalue weighted by molar-refractivity contribution is 5.92. The van der Waals surface area contributed by atoms with Crippen LogP contribution in [0.25, 0.3) is 0 Å². The first-order valence-electron chi connectivity index (χ1n) is 6.44. The number of anilines is 1. The van der Waals surface area contributed by atoms with E-state index in [1.807, 2.05) is 18.2 Å². The SMILES string of the molecule is O=C(O)/C=C/NC(=O)Nc1ccccc1Oc1ccccc1. The topological polar surface area (TPSA) is 87.7 Å². The van der Waals surface area contributed by atoms with Crippen LogP contribution in [0.5, 0.6) is 11.5 Å². The van der Waals surface area contributed by atoms with E-state index in [-0.39, 0.29) is 0 Å². The van der Waals surface area contributed by atoms with E-state index < -0.39 is 12.0 Å². The Hall–Kier alpha value is -3.28. The van der Waals surface area contributed by atoms with E-state index in [1.165, 1.54) is 0 Å². The number of carbonyl (C=O) groups is 2. The van der Waals surface area contributed by atoms with E-state index in [4.69, 9.17) is 9.84 Å². The van der Waals surface area contributed by atoms with E-state index in [9.17, 15) is 9.59 Å². The minimum absolute atomic E-state index is 0.465. The largest absolute Gasteiger partial charge is 0.478 e. The predicted octanol–water partition coefficient (Wildman–Crippen LogP) is 3.20. The van der Waals surface area contributed by atoms with Gasteiger partial charge >= 0.3 is 12.0 Å². The minimum Gasteiger partial charge on any atom is -0.478 e. The molecule has 6 nitrogen and oxygen atoms in total. The van der Waals surface area contributed by atoms with Crippen LogP contribution in [0.15, 0.2) is 66.9 Å². The summed E-state index contributed by atoms with van der Waals surface area (Å²) in [5, 5.41) is 13.3. The van der Waals surface area contributed by atoms with Gasteiger partial charge < -0.3 is 20.5 Å². The summed E-state index contributed by atoms with van der Waals surface area (Å²) in [6.07, 6.45) is 1.87. The van der Waals surface area contributed by atoms with E-state index in [2.05, 4.69) is 10.6 Å². The maximum atomic E-state index is 11.7. The zero-order valence-electron chi connectivity index (χ0n) is 11.5. The summed E-state index contributed by atoms with van der Waals surface area (Å²) in [5.74, 6) is -0.0258. The molecule has 6 heteroatoms. The van der Waals surface area contributed by atoms with Gasteiger partial charge in [0.15, 0.2) is 5.75 Å². The number of carbonyl (C=O) groups excluding carboxylic acids is 1. The minimum atomic E-state index is -1.15. The number of para-hydroxylation sites is 3. The third kappa shape index (κ3) is 4.68. The zero-order valence-corrected chi connectivity index (χ0v) is 11.5. The average molecular weight is 298 g/mol. The average Bonchev–Trinajstić information content (AvgIpc) is 2.50. The molecule has 2 rings (SSSR count). The molecule has 0 atom stereocenters. The van der Waals surface area contributed by atoms with Crippen molar-refractivity contribution >= 4 is 17.7 Å². The first-order chi connectivity index (χ1) is 10.6. The predicted molar refractivity (Wildman–Crippen MR) is 81.9 cm³/mol. The third-order valence-electron chi connectivity index (χ3n) is 2.55. The molecule has 2 aromatic rings. The van der Waals surface area contributed by atoms with Crippen LogP contribution in [0, 0.1) is 0 Å². The maximum absolute atomic E-state index is 11.7. The Morgan fingerprint density at radius 1 is 1.00 bits per heavy atom. The summed E-state index contributed by atoms with van der Waals surface area (Å²) in [6, 6.07) is 15.5. The molecule has 22 heavy (non-hydrogen) atoms. The molecule has 0 unspecified atom stereocenters. The third-order valence-corrected chi connectivity index (χ3v) is 2.55. The zero-order chi connectivity index (χ0) is 15.8. The molecule has 0 saturated carbocycles. The maximum Gasteiger partial charge on any atom is 0.329 e. The van der Waals surface area contributed by atoms with Gasteiger partial charge in [-0.3, -0.25) is 0 Å². The Morgan fingerprint density at radius 2 is 1.68 bits per heavy atom. The fraction of sp³-hybridized carbons (Fsp3) is 0. The molecule has 3 N–H and O–H groups in total. The molecule has 112 valence electrons. The molecule has 0 aromatic heterocycles. The summed E-state index contributed by atoms with van der Waals surface area (Å²) in [5.41, 5.74) is 0.465. The lowest BCUT2D eigenvalue weighted by Crippen LogP contribution is -2.24. The van der Waals surface area contributed by atoms with Gasteiger partial charge in [-0.1, -0.05) is 30.3 Å². The van der Waals surface area contributed by atoms with Gasteiger partial charge in [-0.2, -0.15) is 0 Å². The van der Waals surface area contributed by atoms with Gasteiger partial charge in [-0.15, -0.1) is 0 Å². The van der Waals surface area contributed by atoms with Gasteiger partial charge in [-0.05, 0) is 24.3 Å². The van der Waals surface area contributed by atoms with Gasteiger partial charge in [0.25, 0.3) is 0 Å². The fourth-order valence-electron chi connectivity index (χ4n) is 1.62. The van der Waals surface area contributed by atoms with Crippen LogP contribution in [0.2, 0.25) is 0 Å². The smallest absolute Gasteiger partial charge is 0.329 e. The number of amides is 2. The molecular formula is C16H14N2O4. The van der Waals surface area contributed by atoms with Gasteiger partial charge in [-0.25, -0.2) is 9.59 Å². The Kier molecular flexibility index (Phi) is 5.15. The van der Waals surface area contributed by atoms with Crippen LogP contribution in [0.3, 0.4) is 0 Å². The van der Waals surface area contributed by atoms with Crippen LogP contribution < -0.4 is 15.4 Å². The van der Waals surface area contributed by atoms with Gasteiger partial charge in [0.2, 0.25) is 0 Å². The number of rotatable bonds is 5. The lowest BCUT2D eigenvalue weighted by Gasteiger charge is -2.11. The number of carboxylic acids is 1. The lowest BCUT2D eigenvalue weighted by atomic mass is 10.3. The standard InChI is InChI=1S/C16H14N2O4/c19-15(20)10-11-17-16(21)18-13-8-4-5-9-14(13)22-12-6-2-1-3-7-12/h1-11H,(H,19,20)(H2,17,18,21)/b11-10+. The molecule has 0 radical (unpaired) electrons. The Bertz CT molecular complexity index is 684. The van der Waals surface area contributed by atoms with Gasteiger partial charge in [0, 0.05) is 12.3 Å². The first kappa shape index (κ1) is 15.1. The highest BCUT2D eigenvalue weighted by Gasteiger charge is 2.07. The summed E-state index contributed by atoms with van der Waals surface area (Å²) in [4.78, 5) is 22.0. The number of benzene rings is 2. The molecule has 0 saturated heterocycles. The van der Waals surface area contributed by atoms with Crippen molar-refractivity contribution in [2.45, 2.75) is 0 Å². The van der Waals surface area contributed by atoms with Crippen molar-refractivity contribution in [2.24, 2.45) is 0 Å². The van der Waals surface area contributed by atoms with E-state index in [1.54, 1.807) is 36.4 Å². The quantitative estimate of drug-likeness (QED) is 0.740. The number of ether oxygens (including phenoxy) is 1. The normalized spacial score (nSPS) is 10.2. The highest BCUT2D eigenvalue weighted by atomic mass is 16.5. The second-order valence-corrected chi connectivity index (χ2v) is 4.18. The van der Waals surface area contributed by atoms with E-state index >= 15 is 0 Å². The second-order valence-electron chi connectivity index (χ2n) is 4.18. The molecule has 0 aliphatic carbocycles. The summed E-state index contributed by atoms with van der Waals surface area (Å²) >= 11 is 0. The van der Waals surface area contributed by atoms with Crippen LogP contribution in [-0.4, -0.2) is 17.1 Å². The van der Waals surface area contributed by atoms with E-state index in [0.29, 0.717) is 17.2 Å². The second kappa shape index (κ2) is 7.49. The van der Waals surface area contributed by atoms with Crippen molar-refractivity contribution in [2.75, 3.05) is 5.32 Å². The van der Waals surface area contributed by atoms with Crippen molar-refractivity contribution in [3.05, 3.63) is 66.9 Å². The van der Waals surface area contributed by atoms with Crippen molar-refractivity contribution in [1.82, 2.24) is 5.32 Å². The van der Waals surface area contributed by atoms with Crippen molar-refractivity contribution in [3.63, 3.8) is 0 Å². The van der Waals surface area contributed by atoms with Crippen molar-refractivity contribution in [3.8, 4) is 11.5 Å². The molecule has 0 aliphatic heterocycles. The Labute approximate surface area is 127 Å². The van der Waals surface area contributed by atoms with E-state index in [0.717, 1.165) is 12.3 Å². The number of nitrogens with one attached hydrogen (secondary N) is 2. The highest BCUT2D eigenvalue weighted by Crippen LogP contribution is 2.28. The molecule has 0 heterocycles. The summed E-state index contributed by atoms with van der Waals surface area (Å²) < 4.78 is 5.70. The van der Waals surface area contributed by atoms with Crippen LogP contribution in [0.4, 0.5) is 10.5 Å². The molecule has 0 spiro atoms. The number of hydrogen-bond donors (Lipinski definition) is 3.